The molecule has 3 fully saturated rings. The Hall–Kier alpha value is -0.420. The average Bonchev–Trinajstić information content (AvgIpc) is 2.64. The summed E-state index contributed by atoms with van der Waals surface area (Å²) in [6.07, 6.45) is 14.5. The summed E-state index contributed by atoms with van der Waals surface area (Å²) in [5.74, 6) is 3.81. The molecular weight excluding hydrogens is 316 g/mol. The molecule has 0 spiro atoms. The van der Waals surface area contributed by atoms with Crippen molar-refractivity contribution in [3.05, 3.63) is 12.2 Å². The van der Waals surface area contributed by atoms with Gasteiger partial charge in [-0.2, -0.15) is 0 Å². The van der Waals surface area contributed by atoms with Crippen LogP contribution in [0.3, 0.4) is 0 Å². The Morgan fingerprint density at radius 1 is 1.04 bits per heavy atom. The molecule has 0 aromatic heterocycles. The number of ether oxygens (including phenoxy) is 2. The number of rotatable bonds is 4. The first-order valence-electron chi connectivity index (χ1n) is 10.5. The van der Waals surface area contributed by atoms with Crippen molar-refractivity contribution in [3.63, 3.8) is 0 Å². The quantitative estimate of drug-likeness (QED) is 0.601. The molecule has 2 N–H and O–H groups in total. The van der Waals surface area contributed by atoms with Gasteiger partial charge in [0.15, 0.2) is 12.6 Å². The highest BCUT2D eigenvalue weighted by Gasteiger charge is 2.41. The Morgan fingerprint density at radius 2 is 1.84 bits per heavy atom. The van der Waals surface area contributed by atoms with Crippen molar-refractivity contribution in [3.8, 4) is 0 Å². The van der Waals surface area contributed by atoms with Gasteiger partial charge < -0.3 is 19.7 Å². The van der Waals surface area contributed by atoms with Crippen molar-refractivity contribution in [1.82, 2.24) is 0 Å². The molecule has 25 heavy (non-hydrogen) atoms. The van der Waals surface area contributed by atoms with Gasteiger partial charge in [-0.15, -0.1) is 0 Å². The van der Waals surface area contributed by atoms with Crippen molar-refractivity contribution in [2.24, 2.45) is 29.6 Å². The summed E-state index contributed by atoms with van der Waals surface area (Å²) < 4.78 is 11.3. The van der Waals surface area contributed by atoms with Crippen molar-refractivity contribution < 1.29 is 19.7 Å². The van der Waals surface area contributed by atoms with Crippen LogP contribution < -0.4 is 0 Å². The fraction of sp³-hybridized carbons (Fsp3) is 0.905. The number of hydrogen-bond donors (Lipinski definition) is 2. The summed E-state index contributed by atoms with van der Waals surface area (Å²) in [5, 5.41) is 19.9. The summed E-state index contributed by atoms with van der Waals surface area (Å²) in [4.78, 5) is 0. The summed E-state index contributed by atoms with van der Waals surface area (Å²) in [7, 11) is 0. The molecule has 4 heteroatoms. The SMILES string of the molecule is OC1CCCC(C(O)OCC2CC=CC3CC4CCCCC4CC32)O1. The maximum absolute atomic E-state index is 10.3. The Morgan fingerprint density at radius 3 is 2.64 bits per heavy atom. The van der Waals surface area contributed by atoms with Crippen molar-refractivity contribution in [1.29, 1.82) is 0 Å². The minimum absolute atomic E-state index is 0.382. The molecule has 4 aliphatic rings. The van der Waals surface area contributed by atoms with Crippen LogP contribution in [-0.2, 0) is 9.47 Å². The lowest BCUT2D eigenvalue weighted by Gasteiger charge is -2.47. The monoisotopic (exact) mass is 350 g/mol. The molecule has 142 valence electrons. The van der Waals surface area contributed by atoms with E-state index in [1.807, 2.05) is 0 Å². The van der Waals surface area contributed by atoms with Gasteiger partial charge in [0.25, 0.3) is 0 Å². The Balaban J connectivity index is 1.32. The molecule has 2 saturated carbocycles. The van der Waals surface area contributed by atoms with Gasteiger partial charge in [0.1, 0.15) is 6.10 Å². The van der Waals surface area contributed by atoms with Gasteiger partial charge in [-0.05, 0) is 68.1 Å². The molecule has 8 unspecified atom stereocenters. The second-order valence-corrected chi connectivity index (χ2v) is 8.81. The van der Waals surface area contributed by atoms with E-state index in [9.17, 15) is 10.2 Å². The van der Waals surface area contributed by atoms with E-state index in [2.05, 4.69) is 12.2 Å². The van der Waals surface area contributed by atoms with Crippen molar-refractivity contribution in [2.45, 2.75) is 82.9 Å². The molecule has 0 aromatic carbocycles. The van der Waals surface area contributed by atoms with Gasteiger partial charge in [-0.25, -0.2) is 0 Å². The largest absolute Gasteiger partial charge is 0.368 e. The maximum atomic E-state index is 10.3. The third-order valence-electron chi connectivity index (χ3n) is 7.26. The number of allylic oxidation sites excluding steroid dienone is 2. The van der Waals surface area contributed by atoms with E-state index in [0.717, 1.165) is 37.0 Å². The maximum Gasteiger partial charge on any atom is 0.181 e. The number of aliphatic hydroxyl groups is 2. The second-order valence-electron chi connectivity index (χ2n) is 8.81. The van der Waals surface area contributed by atoms with E-state index in [1.54, 1.807) is 0 Å². The van der Waals surface area contributed by atoms with Crippen LogP contribution in [0.4, 0.5) is 0 Å². The zero-order valence-corrected chi connectivity index (χ0v) is 15.3. The van der Waals surface area contributed by atoms with Crippen LogP contribution in [0.25, 0.3) is 0 Å². The third-order valence-corrected chi connectivity index (χ3v) is 7.26. The van der Waals surface area contributed by atoms with E-state index in [0.29, 0.717) is 24.9 Å². The lowest BCUT2D eigenvalue weighted by molar-refractivity contribution is -0.249. The fourth-order valence-electron chi connectivity index (χ4n) is 5.88. The molecule has 4 nitrogen and oxygen atoms in total. The molecule has 0 amide bonds. The van der Waals surface area contributed by atoms with Crippen LogP contribution in [0.2, 0.25) is 0 Å². The summed E-state index contributed by atoms with van der Waals surface area (Å²) in [5.41, 5.74) is 0. The highest BCUT2D eigenvalue weighted by atomic mass is 16.7. The smallest absolute Gasteiger partial charge is 0.181 e. The highest BCUT2D eigenvalue weighted by molar-refractivity contribution is 5.04. The van der Waals surface area contributed by atoms with Gasteiger partial charge in [0.05, 0.1) is 6.61 Å². The van der Waals surface area contributed by atoms with Crippen molar-refractivity contribution >= 4 is 0 Å². The second kappa shape index (κ2) is 8.08. The standard InChI is InChI=1S/C21H34O4/c22-20-10-4-9-19(25-20)21(23)24-13-17-8-3-7-16-11-14-5-1-2-6-15(14)12-18(16)17/h3,7,14-23H,1-2,4-6,8-13H2. The van der Waals surface area contributed by atoms with Gasteiger partial charge in [-0.3, -0.25) is 0 Å². The van der Waals surface area contributed by atoms with E-state index in [1.165, 1.54) is 38.5 Å². The van der Waals surface area contributed by atoms with Crippen LogP contribution in [-0.4, -0.2) is 35.5 Å². The number of hydrogen-bond acceptors (Lipinski definition) is 4. The highest BCUT2D eigenvalue weighted by Crippen LogP contribution is 2.50. The molecule has 0 aromatic rings. The molecule has 1 heterocycles. The fourth-order valence-corrected chi connectivity index (χ4v) is 5.88. The Labute approximate surface area is 151 Å². The summed E-state index contributed by atoms with van der Waals surface area (Å²) in [6, 6.07) is 0. The zero-order valence-electron chi connectivity index (χ0n) is 15.3. The molecular formula is C21H34O4. The van der Waals surface area contributed by atoms with E-state index in [-0.39, 0.29) is 6.10 Å². The number of aliphatic hydroxyl groups excluding tert-OH is 2. The molecule has 3 aliphatic carbocycles. The van der Waals surface area contributed by atoms with Crippen molar-refractivity contribution in [2.75, 3.05) is 6.61 Å². The Bertz CT molecular complexity index is 465. The van der Waals surface area contributed by atoms with Gasteiger partial charge in [0.2, 0.25) is 0 Å². The summed E-state index contributed by atoms with van der Waals surface area (Å²) >= 11 is 0. The first kappa shape index (κ1) is 18.0. The van der Waals surface area contributed by atoms with Crippen LogP contribution in [0.15, 0.2) is 12.2 Å². The van der Waals surface area contributed by atoms with E-state index < -0.39 is 12.6 Å². The molecule has 1 aliphatic heterocycles. The van der Waals surface area contributed by atoms with E-state index in [4.69, 9.17) is 9.47 Å². The average molecular weight is 350 g/mol. The summed E-state index contributed by atoms with van der Waals surface area (Å²) in [6.45, 7) is 0.611. The Kier molecular flexibility index (Phi) is 5.81. The first-order valence-corrected chi connectivity index (χ1v) is 10.5. The molecule has 8 atom stereocenters. The minimum atomic E-state index is -0.912. The third kappa shape index (κ3) is 4.13. The minimum Gasteiger partial charge on any atom is -0.368 e. The van der Waals surface area contributed by atoms with Crippen LogP contribution >= 0.6 is 0 Å². The predicted molar refractivity (Wildman–Crippen MR) is 95.6 cm³/mol. The van der Waals surface area contributed by atoms with Gasteiger partial charge >= 0.3 is 0 Å². The molecule has 0 radical (unpaired) electrons. The first-order chi connectivity index (χ1) is 12.2. The molecule has 1 saturated heterocycles. The zero-order chi connectivity index (χ0) is 17.2. The topological polar surface area (TPSA) is 58.9 Å². The number of fused-ring (bicyclic) bond motifs is 2. The van der Waals surface area contributed by atoms with Gasteiger partial charge in [-0.1, -0.05) is 37.8 Å². The lowest BCUT2D eigenvalue weighted by Crippen LogP contribution is -2.42. The van der Waals surface area contributed by atoms with E-state index >= 15 is 0 Å². The molecule has 0 bridgehead atoms. The van der Waals surface area contributed by atoms with Crippen LogP contribution in [0.5, 0.6) is 0 Å². The normalized spacial score (nSPS) is 45.4. The van der Waals surface area contributed by atoms with Crippen LogP contribution in [0.1, 0.15) is 64.2 Å². The molecule has 4 rings (SSSR count). The predicted octanol–water partition coefficient (Wildman–Crippen LogP) is 3.62. The lowest BCUT2D eigenvalue weighted by atomic mass is 9.59. The van der Waals surface area contributed by atoms with Gasteiger partial charge in [0, 0.05) is 0 Å². The van der Waals surface area contributed by atoms with Crippen LogP contribution in [0, 0.1) is 29.6 Å².